The molecule has 0 aromatic heterocycles. The highest BCUT2D eigenvalue weighted by Crippen LogP contribution is 2.34. The van der Waals surface area contributed by atoms with Gasteiger partial charge in [-0.1, -0.05) is 13.0 Å². The summed E-state index contributed by atoms with van der Waals surface area (Å²) in [7, 11) is 3.59. The molecule has 1 saturated heterocycles. The number of benzene rings is 1. The van der Waals surface area contributed by atoms with Crippen molar-refractivity contribution in [2.75, 3.05) is 27.2 Å². The number of carboxylic acids is 1. The molecule has 1 aliphatic heterocycles. The number of amides is 2. The average Bonchev–Trinajstić information content (AvgIpc) is 2.63. The molecule has 10 nitrogen and oxygen atoms in total. The quantitative estimate of drug-likeness (QED) is 0.455. The maximum Gasteiger partial charge on any atom is 0.569 e. The number of hydrogen-bond acceptors (Lipinski definition) is 7. The van der Waals surface area contributed by atoms with Crippen LogP contribution in [0.15, 0.2) is 12.1 Å². The molecule has 1 atom stereocenters. The number of carboxylic acid groups (broad SMARTS) is 1. The average molecular weight is 406 g/mol. The van der Waals surface area contributed by atoms with Crippen LogP contribution in [0.1, 0.15) is 29.3 Å². The molecule has 29 heavy (non-hydrogen) atoms. The molecule has 1 heterocycles. The number of aryl methyl sites for hydroxylation is 1. The van der Waals surface area contributed by atoms with E-state index in [1.807, 2.05) is 6.92 Å². The lowest BCUT2D eigenvalue weighted by molar-refractivity contribution is -0.144. The van der Waals surface area contributed by atoms with Crippen LogP contribution < -0.4 is 15.1 Å². The number of rotatable bonds is 9. The molecular formula is C18H25BN3O7. The Balaban J connectivity index is 2.04. The number of ether oxygens (including phenoxy) is 1. The van der Waals surface area contributed by atoms with Gasteiger partial charge in [-0.2, -0.15) is 0 Å². The first-order valence-corrected chi connectivity index (χ1v) is 9.12. The Labute approximate surface area is 169 Å². The molecule has 0 spiro atoms. The number of nitrogens with two attached hydrogens (primary N) is 1. The maximum absolute atomic E-state index is 12.3. The van der Waals surface area contributed by atoms with Crippen molar-refractivity contribution in [2.45, 2.75) is 31.9 Å². The SMILES string of the molecule is CCc1ccc(OC2CN(C(=O)[C@H](N)CC(=O)N(C)C)C2)c(C(=O)O)c1O[B]O. The lowest BCUT2D eigenvalue weighted by Gasteiger charge is -2.40. The number of carbonyl (C=O) groups is 3. The van der Waals surface area contributed by atoms with Crippen LogP contribution in [0.2, 0.25) is 0 Å². The fourth-order valence-corrected chi connectivity index (χ4v) is 2.94. The molecule has 1 fully saturated rings. The molecule has 0 bridgehead atoms. The second kappa shape index (κ2) is 9.61. The van der Waals surface area contributed by atoms with Crippen LogP contribution in [0.5, 0.6) is 11.5 Å². The molecule has 1 radical (unpaired) electrons. The van der Waals surface area contributed by atoms with Gasteiger partial charge >= 0.3 is 13.7 Å². The van der Waals surface area contributed by atoms with Gasteiger partial charge in [0.05, 0.1) is 25.6 Å². The minimum Gasteiger partial charge on any atom is -0.536 e. The van der Waals surface area contributed by atoms with Gasteiger partial charge in [-0.3, -0.25) is 9.59 Å². The summed E-state index contributed by atoms with van der Waals surface area (Å²) in [6, 6.07) is 2.24. The van der Waals surface area contributed by atoms with Crippen LogP contribution in [0.4, 0.5) is 0 Å². The second-order valence-electron chi connectivity index (χ2n) is 6.89. The van der Waals surface area contributed by atoms with Crippen LogP contribution in [-0.2, 0) is 16.0 Å². The first-order valence-electron chi connectivity index (χ1n) is 9.12. The highest BCUT2D eigenvalue weighted by Gasteiger charge is 2.36. The summed E-state index contributed by atoms with van der Waals surface area (Å²) in [5.41, 5.74) is 6.21. The van der Waals surface area contributed by atoms with Crippen LogP contribution >= 0.6 is 0 Å². The number of nitrogens with zero attached hydrogens (tertiary/aromatic N) is 2. The van der Waals surface area contributed by atoms with Gasteiger partial charge in [0.15, 0.2) is 0 Å². The summed E-state index contributed by atoms with van der Waals surface area (Å²) < 4.78 is 10.7. The van der Waals surface area contributed by atoms with Crippen molar-refractivity contribution in [3.05, 3.63) is 23.3 Å². The van der Waals surface area contributed by atoms with Crippen molar-refractivity contribution in [3.63, 3.8) is 0 Å². The molecule has 1 aromatic rings. The first kappa shape index (κ1) is 22.5. The Morgan fingerprint density at radius 1 is 1.34 bits per heavy atom. The van der Waals surface area contributed by atoms with Crippen molar-refractivity contribution in [1.82, 2.24) is 9.80 Å². The van der Waals surface area contributed by atoms with E-state index in [2.05, 4.69) is 0 Å². The number of hydrogen-bond donors (Lipinski definition) is 3. The van der Waals surface area contributed by atoms with Crippen molar-refractivity contribution in [1.29, 1.82) is 0 Å². The molecule has 0 aliphatic carbocycles. The van der Waals surface area contributed by atoms with E-state index >= 15 is 0 Å². The van der Waals surface area contributed by atoms with Gasteiger partial charge in [0.25, 0.3) is 0 Å². The molecule has 4 N–H and O–H groups in total. The van der Waals surface area contributed by atoms with E-state index in [0.717, 1.165) is 0 Å². The van der Waals surface area contributed by atoms with Crippen molar-refractivity contribution < 1.29 is 33.9 Å². The third kappa shape index (κ3) is 5.18. The van der Waals surface area contributed by atoms with Crippen LogP contribution in [0, 0.1) is 0 Å². The second-order valence-corrected chi connectivity index (χ2v) is 6.89. The number of aromatic carboxylic acids is 1. The van der Waals surface area contributed by atoms with Crippen LogP contribution in [-0.4, -0.2) is 84.7 Å². The Morgan fingerprint density at radius 2 is 2.00 bits per heavy atom. The van der Waals surface area contributed by atoms with E-state index in [9.17, 15) is 19.5 Å². The van der Waals surface area contributed by atoms with Gasteiger partial charge in [0.2, 0.25) is 11.8 Å². The highest BCUT2D eigenvalue weighted by atomic mass is 16.5. The lowest BCUT2D eigenvalue weighted by Crippen LogP contribution is -2.60. The number of likely N-dealkylation sites (tertiary alicyclic amines) is 1. The van der Waals surface area contributed by atoms with Crippen molar-refractivity contribution >= 4 is 25.5 Å². The molecule has 2 rings (SSSR count). The Bertz CT molecular complexity index is 781. The summed E-state index contributed by atoms with van der Waals surface area (Å²) in [6.07, 6.45) is -0.0143. The van der Waals surface area contributed by atoms with Gasteiger partial charge in [0.1, 0.15) is 23.2 Å². The third-order valence-electron chi connectivity index (χ3n) is 4.63. The molecule has 0 saturated carbocycles. The molecule has 2 amide bonds. The highest BCUT2D eigenvalue weighted by molar-refractivity contribution is 6.18. The molecule has 1 aliphatic rings. The minimum absolute atomic E-state index is 0.0106. The molecule has 157 valence electrons. The standard InChI is InChI=1S/C18H25BN3O7/c1-4-10-5-6-13(15(18(25)26)16(10)29-19-27)28-11-8-22(9-11)17(24)12(20)7-14(23)21(2)3/h5-6,11-12,27H,4,7-9,20H2,1-3H3,(H,25,26)/t12-/m1/s1. The first-order chi connectivity index (χ1) is 13.7. The fraction of sp³-hybridized carbons (Fsp3) is 0.500. The lowest BCUT2D eigenvalue weighted by atomic mass is 10.0. The van der Waals surface area contributed by atoms with Gasteiger partial charge in [-0.05, 0) is 18.1 Å². The van der Waals surface area contributed by atoms with Crippen LogP contribution in [0.3, 0.4) is 0 Å². The summed E-state index contributed by atoms with van der Waals surface area (Å²) in [4.78, 5) is 38.5. The van der Waals surface area contributed by atoms with Gasteiger partial charge < -0.3 is 35.1 Å². The normalized spacial score (nSPS) is 14.6. The van der Waals surface area contributed by atoms with Crippen LogP contribution in [0.25, 0.3) is 0 Å². The van der Waals surface area contributed by atoms with Gasteiger partial charge in [-0.15, -0.1) is 0 Å². The molecule has 0 unspecified atom stereocenters. The van der Waals surface area contributed by atoms with E-state index in [-0.39, 0.29) is 48.4 Å². The largest absolute Gasteiger partial charge is 0.569 e. The summed E-state index contributed by atoms with van der Waals surface area (Å²) in [6.45, 7) is 2.27. The van der Waals surface area contributed by atoms with E-state index in [1.165, 1.54) is 15.9 Å². The predicted molar refractivity (Wildman–Crippen MR) is 104 cm³/mol. The zero-order valence-corrected chi connectivity index (χ0v) is 16.6. The molecule has 1 aromatic carbocycles. The van der Waals surface area contributed by atoms with Crippen molar-refractivity contribution in [3.8, 4) is 11.5 Å². The maximum atomic E-state index is 12.3. The Hall–Kier alpha value is -2.79. The fourth-order valence-electron chi connectivity index (χ4n) is 2.94. The topological polar surface area (TPSA) is 143 Å². The number of carbonyl (C=O) groups excluding carboxylic acids is 2. The third-order valence-corrected chi connectivity index (χ3v) is 4.63. The van der Waals surface area contributed by atoms with E-state index < -0.39 is 18.1 Å². The Morgan fingerprint density at radius 3 is 2.52 bits per heavy atom. The van der Waals surface area contributed by atoms with E-state index in [1.54, 1.807) is 20.2 Å². The smallest absolute Gasteiger partial charge is 0.536 e. The zero-order valence-electron chi connectivity index (χ0n) is 16.6. The molecular weight excluding hydrogens is 381 g/mol. The van der Waals surface area contributed by atoms with Crippen molar-refractivity contribution in [2.24, 2.45) is 5.73 Å². The van der Waals surface area contributed by atoms with Gasteiger partial charge in [-0.25, -0.2) is 4.79 Å². The summed E-state index contributed by atoms with van der Waals surface area (Å²) in [5.74, 6) is -1.77. The minimum atomic E-state index is -1.26. The van der Waals surface area contributed by atoms with Gasteiger partial charge in [0, 0.05) is 14.1 Å². The Kier molecular flexibility index (Phi) is 7.46. The predicted octanol–water partition coefficient (Wildman–Crippen LogP) is -0.752. The monoisotopic (exact) mass is 406 g/mol. The zero-order chi connectivity index (χ0) is 21.7. The molecule has 11 heteroatoms. The summed E-state index contributed by atoms with van der Waals surface area (Å²) in [5, 5.41) is 18.5. The van der Waals surface area contributed by atoms with E-state index in [0.29, 0.717) is 19.7 Å². The summed E-state index contributed by atoms with van der Waals surface area (Å²) >= 11 is 0. The van der Waals surface area contributed by atoms with E-state index in [4.69, 9.17) is 20.1 Å².